The van der Waals surface area contributed by atoms with Crippen molar-refractivity contribution in [1.82, 2.24) is 10.6 Å². The van der Waals surface area contributed by atoms with Gasteiger partial charge in [-0.05, 0) is 18.5 Å². The molecule has 1 aromatic carbocycles. The molecule has 1 fully saturated rings. The average molecular weight is 323 g/mol. The third-order valence-electron chi connectivity index (χ3n) is 3.41. The number of nitrogens with one attached hydrogen (secondary N) is 2. The Labute approximate surface area is 127 Å². The Morgan fingerprint density at radius 2 is 2.00 bits per heavy atom. The molecular weight excluding hydrogens is 305 g/mol. The van der Waals surface area contributed by atoms with Crippen LogP contribution in [0.4, 0.5) is 13.2 Å². The molecule has 1 amide bonds. The van der Waals surface area contributed by atoms with Crippen LogP contribution < -0.4 is 10.6 Å². The fourth-order valence-corrected chi connectivity index (χ4v) is 2.36. The summed E-state index contributed by atoms with van der Waals surface area (Å²) in [6.07, 6.45) is -4.23. The maximum atomic E-state index is 13.1. The predicted octanol–water partition coefficient (Wildman–Crippen LogP) is 2.62. The standard InChI is InChI=1S/C14H17F3N2O.ClH/c15-14(16,17)12(10-4-2-1-3-5-10)8-13(20)19-11-6-7-18-9-11;/h1-5,11-12,18H,6-9H2,(H,19,20);1H. The molecule has 0 saturated carbocycles. The molecule has 1 aliphatic heterocycles. The second-order valence-corrected chi connectivity index (χ2v) is 4.97. The largest absolute Gasteiger partial charge is 0.396 e. The first-order valence-corrected chi connectivity index (χ1v) is 6.58. The highest BCUT2D eigenvalue weighted by molar-refractivity contribution is 5.85. The van der Waals surface area contributed by atoms with Crippen molar-refractivity contribution in [3.8, 4) is 0 Å². The normalized spacial score (nSPS) is 19.7. The highest BCUT2D eigenvalue weighted by Gasteiger charge is 2.42. The highest BCUT2D eigenvalue weighted by atomic mass is 35.5. The van der Waals surface area contributed by atoms with Crippen LogP contribution in [0.2, 0.25) is 0 Å². The van der Waals surface area contributed by atoms with Crippen LogP contribution in [0, 0.1) is 0 Å². The Hall–Kier alpha value is -1.27. The first-order valence-electron chi connectivity index (χ1n) is 6.58. The van der Waals surface area contributed by atoms with Crippen molar-refractivity contribution in [3.05, 3.63) is 35.9 Å². The van der Waals surface area contributed by atoms with Crippen molar-refractivity contribution in [2.45, 2.75) is 31.0 Å². The van der Waals surface area contributed by atoms with E-state index in [-0.39, 0.29) is 24.0 Å². The number of benzene rings is 1. The SMILES string of the molecule is Cl.O=C(CC(c1ccccc1)C(F)(F)F)NC1CCNC1. The lowest BCUT2D eigenvalue weighted by Gasteiger charge is -2.21. The molecular formula is C14H18ClF3N2O. The van der Waals surface area contributed by atoms with Gasteiger partial charge in [-0.3, -0.25) is 4.79 Å². The zero-order valence-electron chi connectivity index (χ0n) is 11.3. The minimum absolute atomic E-state index is 0. The predicted molar refractivity (Wildman–Crippen MR) is 76.5 cm³/mol. The molecule has 0 bridgehead atoms. The monoisotopic (exact) mass is 322 g/mol. The van der Waals surface area contributed by atoms with Gasteiger partial charge in [-0.25, -0.2) is 0 Å². The zero-order chi connectivity index (χ0) is 14.6. The molecule has 2 rings (SSSR count). The first-order chi connectivity index (χ1) is 9.47. The summed E-state index contributed by atoms with van der Waals surface area (Å²) in [5.74, 6) is -2.30. The molecule has 2 atom stereocenters. The maximum absolute atomic E-state index is 13.1. The van der Waals surface area contributed by atoms with E-state index in [0.717, 1.165) is 13.0 Å². The number of carbonyl (C=O) groups is 1. The Morgan fingerprint density at radius 3 is 2.52 bits per heavy atom. The fourth-order valence-electron chi connectivity index (χ4n) is 2.36. The van der Waals surface area contributed by atoms with E-state index in [2.05, 4.69) is 10.6 Å². The molecule has 118 valence electrons. The van der Waals surface area contributed by atoms with Crippen molar-refractivity contribution in [3.63, 3.8) is 0 Å². The average Bonchev–Trinajstić information content (AvgIpc) is 2.88. The van der Waals surface area contributed by atoms with Gasteiger partial charge < -0.3 is 10.6 Å². The van der Waals surface area contributed by atoms with E-state index in [1.165, 1.54) is 12.1 Å². The Bertz CT molecular complexity index is 447. The molecule has 1 aliphatic rings. The quantitative estimate of drug-likeness (QED) is 0.894. The number of halogens is 4. The Balaban J connectivity index is 0.00000220. The molecule has 3 nitrogen and oxygen atoms in total. The summed E-state index contributed by atoms with van der Waals surface area (Å²) in [6.45, 7) is 1.40. The van der Waals surface area contributed by atoms with Crippen molar-refractivity contribution in [1.29, 1.82) is 0 Å². The summed E-state index contributed by atoms with van der Waals surface area (Å²) in [6, 6.07) is 7.50. The zero-order valence-corrected chi connectivity index (χ0v) is 12.1. The minimum atomic E-state index is -4.42. The van der Waals surface area contributed by atoms with Gasteiger partial charge in [0.1, 0.15) is 0 Å². The minimum Gasteiger partial charge on any atom is -0.352 e. The molecule has 0 aromatic heterocycles. The van der Waals surface area contributed by atoms with Gasteiger partial charge in [0.2, 0.25) is 5.91 Å². The molecule has 0 aliphatic carbocycles. The van der Waals surface area contributed by atoms with Crippen LogP contribution >= 0.6 is 12.4 Å². The van der Waals surface area contributed by atoms with Gasteiger partial charge in [0.25, 0.3) is 0 Å². The molecule has 0 radical (unpaired) electrons. The molecule has 2 N–H and O–H groups in total. The summed E-state index contributed by atoms with van der Waals surface area (Å²) in [7, 11) is 0. The highest BCUT2D eigenvalue weighted by Crippen LogP contribution is 2.37. The smallest absolute Gasteiger partial charge is 0.352 e. The molecule has 1 saturated heterocycles. The van der Waals surface area contributed by atoms with Crippen LogP contribution in [0.3, 0.4) is 0 Å². The molecule has 0 spiro atoms. The number of alkyl halides is 3. The van der Waals surface area contributed by atoms with Gasteiger partial charge in [-0.1, -0.05) is 30.3 Å². The van der Waals surface area contributed by atoms with E-state index in [1.54, 1.807) is 18.2 Å². The van der Waals surface area contributed by atoms with Crippen LogP contribution in [-0.2, 0) is 4.79 Å². The van der Waals surface area contributed by atoms with E-state index in [0.29, 0.717) is 6.54 Å². The van der Waals surface area contributed by atoms with Crippen LogP contribution in [-0.4, -0.2) is 31.2 Å². The van der Waals surface area contributed by atoms with Gasteiger partial charge >= 0.3 is 6.18 Å². The van der Waals surface area contributed by atoms with Gasteiger partial charge in [0.15, 0.2) is 0 Å². The summed E-state index contributed by atoms with van der Waals surface area (Å²) in [4.78, 5) is 11.8. The van der Waals surface area contributed by atoms with E-state index in [4.69, 9.17) is 0 Å². The fraction of sp³-hybridized carbons (Fsp3) is 0.500. The number of hydrogen-bond donors (Lipinski definition) is 2. The third-order valence-corrected chi connectivity index (χ3v) is 3.41. The van der Waals surface area contributed by atoms with Crippen molar-refractivity contribution in [2.24, 2.45) is 0 Å². The van der Waals surface area contributed by atoms with Crippen LogP contribution in [0.25, 0.3) is 0 Å². The summed E-state index contributed by atoms with van der Waals surface area (Å²) in [5.41, 5.74) is 0.125. The van der Waals surface area contributed by atoms with E-state index in [1.807, 2.05) is 0 Å². The number of hydrogen-bond acceptors (Lipinski definition) is 2. The van der Waals surface area contributed by atoms with Gasteiger partial charge in [0, 0.05) is 19.0 Å². The third kappa shape index (κ3) is 5.21. The van der Waals surface area contributed by atoms with E-state index < -0.39 is 24.4 Å². The lowest BCUT2D eigenvalue weighted by molar-refractivity contribution is -0.157. The lowest BCUT2D eigenvalue weighted by atomic mass is 9.94. The van der Waals surface area contributed by atoms with Crippen LogP contribution in [0.1, 0.15) is 24.3 Å². The van der Waals surface area contributed by atoms with Crippen LogP contribution in [0.15, 0.2) is 30.3 Å². The van der Waals surface area contributed by atoms with Crippen molar-refractivity contribution < 1.29 is 18.0 Å². The second kappa shape index (κ2) is 7.66. The summed E-state index contributed by atoms with van der Waals surface area (Å²) >= 11 is 0. The number of carbonyl (C=O) groups excluding carboxylic acids is 1. The topological polar surface area (TPSA) is 41.1 Å². The van der Waals surface area contributed by atoms with Crippen molar-refractivity contribution in [2.75, 3.05) is 13.1 Å². The lowest BCUT2D eigenvalue weighted by Crippen LogP contribution is -2.38. The molecule has 21 heavy (non-hydrogen) atoms. The first kappa shape index (κ1) is 17.8. The van der Waals surface area contributed by atoms with E-state index in [9.17, 15) is 18.0 Å². The maximum Gasteiger partial charge on any atom is 0.396 e. The number of rotatable bonds is 4. The molecule has 7 heteroatoms. The van der Waals surface area contributed by atoms with E-state index >= 15 is 0 Å². The summed E-state index contributed by atoms with van der Waals surface area (Å²) in [5, 5.41) is 5.71. The van der Waals surface area contributed by atoms with Crippen molar-refractivity contribution >= 4 is 18.3 Å². The molecule has 1 heterocycles. The molecule has 1 aromatic rings. The second-order valence-electron chi connectivity index (χ2n) is 4.97. The Morgan fingerprint density at radius 1 is 1.33 bits per heavy atom. The molecule has 2 unspecified atom stereocenters. The Kier molecular flexibility index (Phi) is 6.48. The van der Waals surface area contributed by atoms with Crippen LogP contribution in [0.5, 0.6) is 0 Å². The number of amides is 1. The van der Waals surface area contributed by atoms with Gasteiger partial charge in [-0.2, -0.15) is 13.2 Å². The summed E-state index contributed by atoms with van der Waals surface area (Å²) < 4.78 is 39.3. The van der Waals surface area contributed by atoms with Gasteiger partial charge in [0.05, 0.1) is 5.92 Å². The van der Waals surface area contributed by atoms with Gasteiger partial charge in [-0.15, -0.1) is 12.4 Å².